The smallest absolute Gasteiger partial charge is 0.251 e. The number of nitrogens with two attached hydrogens (primary N) is 1. The Kier molecular flexibility index (Phi) is 5.23. The average Bonchev–Trinajstić information content (AvgIpc) is 3.10. The highest BCUT2D eigenvalue weighted by atomic mass is 16.5. The molecule has 1 unspecified atom stereocenters. The minimum Gasteiger partial charge on any atom is -0.497 e. The summed E-state index contributed by atoms with van der Waals surface area (Å²) in [7, 11) is 1.66. The van der Waals surface area contributed by atoms with Crippen LogP contribution in [0.2, 0.25) is 0 Å². The highest BCUT2D eigenvalue weighted by Gasteiger charge is 2.40. The number of ether oxygens (including phenoxy) is 1. The van der Waals surface area contributed by atoms with Gasteiger partial charge in [-0.15, -0.1) is 0 Å². The topological polar surface area (TPSA) is 92.8 Å². The van der Waals surface area contributed by atoms with Gasteiger partial charge in [-0.1, -0.05) is 37.3 Å². The van der Waals surface area contributed by atoms with Gasteiger partial charge < -0.3 is 15.5 Å². The number of H-pyrrole nitrogens is 1. The third-order valence-corrected chi connectivity index (χ3v) is 5.85. The third-order valence-electron chi connectivity index (χ3n) is 5.85. The van der Waals surface area contributed by atoms with Gasteiger partial charge in [0.2, 0.25) is 5.66 Å². The molecule has 1 atom stereocenters. The van der Waals surface area contributed by atoms with Crippen LogP contribution in [0.25, 0.3) is 11.1 Å². The van der Waals surface area contributed by atoms with Crippen molar-refractivity contribution in [1.29, 1.82) is 0 Å². The van der Waals surface area contributed by atoms with E-state index in [9.17, 15) is 4.79 Å². The number of methoxy groups -OCH3 is 1. The Morgan fingerprint density at radius 1 is 1.06 bits per heavy atom. The summed E-state index contributed by atoms with van der Waals surface area (Å²) >= 11 is 0. The van der Waals surface area contributed by atoms with Crippen LogP contribution in [0, 0.1) is 6.92 Å². The molecule has 6 nitrogen and oxygen atoms in total. The molecule has 0 spiro atoms. The molecule has 0 saturated heterocycles. The number of hydrogen-bond donors (Lipinski definition) is 2. The molecule has 0 radical (unpaired) electrons. The van der Waals surface area contributed by atoms with Crippen molar-refractivity contribution in [2.24, 2.45) is 15.7 Å². The molecule has 0 aliphatic carbocycles. The Bertz CT molecular complexity index is 1250. The lowest BCUT2D eigenvalue weighted by molar-refractivity contribution is 0.415. The fraction of sp³-hybridized carbons (Fsp3) is 0.240. The molecule has 3 aromatic rings. The summed E-state index contributed by atoms with van der Waals surface area (Å²) in [5.41, 5.74) is 11.1. The molecule has 0 bridgehead atoms. The zero-order chi connectivity index (χ0) is 22.2. The van der Waals surface area contributed by atoms with E-state index in [4.69, 9.17) is 20.5 Å². The second kappa shape index (κ2) is 7.87. The number of pyridine rings is 1. The van der Waals surface area contributed by atoms with Gasteiger partial charge in [-0.2, -0.15) is 0 Å². The molecule has 1 aromatic heterocycles. The molecule has 4 rings (SSSR count). The molecule has 0 fully saturated rings. The van der Waals surface area contributed by atoms with E-state index in [1.807, 2.05) is 63.2 Å². The van der Waals surface area contributed by atoms with Crippen molar-refractivity contribution >= 4 is 11.5 Å². The maximum atomic E-state index is 12.3. The van der Waals surface area contributed by atoms with Crippen molar-refractivity contribution in [1.82, 2.24) is 4.98 Å². The monoisotopic (exact) mass is 414 g/mol. The van der Waals surface area contributed by atoms with Crippen LogP contribution < -0.4 is 16.0 Å². The molecule has 2 aromatic carbocycles. The zero-order valence-electron chi connectivity index (χ0n) is 18.2. The van der Waals surface area contributed by atoms with E-state index in [-0.39, 0.29) is 5.56 Å². The van der Waals surface area contributed by atoms with Gasteiger partial charge in [0.05, 0.1) is 12.8 Å². The third kappa shape index (κ3) is 3.44. The molecule has 6 heteroatoms. The second-order valence-corrected chi connectivity index (χ2v) is 7.67. The van der Waals surface area contributed by atoms with Crippen LogP contribution in [0.3, 0.4) is 0 Å². The Labute approximate surface area is 181 Å². The Hall–Kier alpha value is -3.67. The van der Waals surface area contributed by atoms with Crippen LogP contribution in [0.1, 0.15) is 36.1 Å². The molecule has 2 heterocycles. The molecular weight excluding hydrogens is 388 g/mol. The number of hydrogen-bond acceptors (Lipinski definition) is 5. The molecule has 31 heavy (non-hydrogen) atoms. The summed E-state index contributed by atoms with van der Waals surface area (Å²) in [6, 6.07) is 16.0. The summed E-state index contributed by atoms with van der Waals surface area (Å²) < 4.78 is 5.38. The molecular formula is C25H26N4O2. The van der Waals surface area contributed by atoms with Crippen LogP contribution >= 0.6 is 0 Å². The van der Waals surface area contributed by atoms with Crippen LogP contribution in [0.5, 0.6) is 5.75 Å². The maximum Gasteiger partial charge on any atom is 0.251 e. The molecule has 158 valence electrons. The van der Waals surface area contributed by atoms with E-state index in [1.54, 1.807) is 13.3 Å². The fourth-order valence-corrected chi connectivity index (χ4v) is 4.14. The predicted octanol–water partition coefficient (Wildman–Crippen LogP) is 3.95. The minimum atomic E-state index is -1.04. The number of aromatic amines is 1. The fourth-order valence-electron chi connectivity index (χ4n) is 4.14. The van der Waals surface area contributed by atoms with Crippen molar-refractivity contribution in [3.63, 3.8) is 0 Å². The summed E-state index contributed by atoms with van der Waals surface area (Å²) in [6.07, 6.45) is 2.41. The van der Waals surface area contributed by atoms with Gasteiger partial charge >= 0.3 is 0 Å². The van der Waals surface area contributed by atoms with Gasteiger partial charge in [-0.3, -0.25) is 4.79 Å². The Morgan fingerprint density at radius 3 is 2.42 bits per heavy atom. The summed E-state index contributed by atoms with van der Waals surface area (Å²) in [5, 5.41) is 0. The van der Waals surface area contributed by atoms with Crippen LogP contribution in [-0.4, -0.2) is 23.6 Å². The Balaban J connectivity index is 1.97. The predicted molar refractivity (Wildman–Crippen MR) is 125 cm³/mol. The van der Waals surface area contributed by atoms with Crippen LogP contribution in [0.15, 0.2) is 69.5 Å². The van der Waals surface area contributed by atoms with E-state index >= 15 is 0 Å². The van der Waals surface area contributed by atoms with E-state index < -0.39 is 5.66 Å². The first-order chi connectivity index (χ1) is 14.9. The number of rotatable bonds is 5. The average molecular weight is 415 g/mol. The lowest BCUT2D eigenvalue weighted by Gasteiger charge is -2.27. The van der Waals surface area contributed by atoms with E-state index in [0.717, 1.165) is 33.6 Å². The quantitative estimate of drug-likeness (QED) is 0.662. The lowest BCUT2D eigenvalue weighted by atomic mass is 9.86. The highest BCUT2D eigenvalue weighted by Crippen LogP contribution is 2.41. The normalized spacial score (nSPS) is 17.9. The number of benzene rings is 2. The van der Waals surface area contributed by atoms with Gasteiger partial charge in [0.1, 0.15) is 11.6 Å². The van der Waals surface area contributed by atoms with E-state index in [2.05, 4.69) is 11.1 Å². The largest absolute Gasteiger partial charge is 0.497 e. The van der Waals surface area contributed by atoms with Gasteiger partial charge in [0.25, 0.3) is 5.56 Å². The number of nitrogens with zero attached hydrogens (tertiary/aromatic N) is 2. The van der Waals surface area contributed by atoms with Gasteiger partial charge in [0.15, 0.2) is 0 Å². The van der Waals surface area contributed by atoms with Crippen molar-refractivity contribution in [3.05, 3.63) is 87.3 Å². The van der Waals surface area contributed by atoms with E-state index in [0.29, 0.717) is 23.5 Å². The number of nitrogens with one attached hydrogen (secondary N) is 1. The Morgan fingerprint density at radius 2 is 1.77 bits per heavy atom. The molecule has 1 aliphatic rings. The number of aromatic nitrogens is 1. The van der Waals surface area contributed by atoms with Gasteiger partial charge in [0, 0.05) is 22.9 Å². The molecule has 1 aliphatic heterocycles. The van der Waals surface area contributed by atoms with Crippen molar-refractivity contribution < 1.29 is 4.74 Å². The van der Waals surface area contributed by atoms with Crippen LogP contribution in [0.4, 0.5) is 0 Å². The first kappa shape index (κ1) is 20.6. The summed E-state index contributed by atoms with van der Waals surface area (Å²) in [5.74, 6) is 1.19. The van der Waals surface area contributed by atoms with Gasteiger partial charge in [-0.05, 0) is 55.2 Å². The molecule has 0 saturated carbocycles. The van der Waals surface area contributed by atoms with Crippen molar-refractivity contribution in [3.8, 4) is 16.9 Å². The van der Waals surface area contributed by atoms with Crippen molar-refractivity contribution in [2.75, 3.05) is 7.11 Å². The highest BCUT2D eigenvalue weighted by molar-refractivity contribution is 6.41. The van der Waals surface area contributed by atoms with Crippen molar-refractivity contribution in [2.45, 2.75) is 32.9 Å². The lowest BCUT2D eigenvalue weighted by Crippen LogP contribution is -2.27. The summed E-state index contributed by atoms with van der Waals surface area (Å²) in [6.45, 7) is 5.72. The number of amidine groups is 1. The van der Waals surface area contributed by atoms with Gasteiger partial charge in [-0.25, -0.2) is 9.98 Å². The zero-order valence-corrected chi connectivity index (χ0v) is 18.2. The minimum absolute atomic E-state index is 0.100. The first-order valence-electron chi connectivity index (χ1n) is 10.3. The summed E-state index contributed by atoms with van der Waals surface area (Å²) in [4.78, 5) is 24.9. The van der Waals surface area contributed by atoms with Crippen LogP contribution in [-0.2, 0) is 12.1 Å². The maximum absolute atomic E-state index is 12.3. The molecule has 0 amide bonds. The second-order valence-electron chi connectivity index (χ2n) is 7.67. The molecule has 3 N–H and O–H groups in total. The number of aliphatic imine (C=N–C) groups is 2. The standard InChI is InChI=1S/C25H26N4O2/c1-5-21-15(2)24(30)27-14-22(21)25(28-16(3)23(26)29-25)19-10-6-8-17(12-19)18-9-7-11-20(13-18)31-4/h6-14H,5H2,1-4H3,(H2,26,29)(H,27,30). The first-order valence-corrected chi connectivity index (χ1v) is 10.3. The van der Waals surface area contributed by atoms with E-state index in [1.165, 1.54) is 0 Å². The SMILES string of the molecule is CCc1c(C2(c3cccc(-c4cccc(OC)c4)c3)N=C(C)C(N)=N2)c[nH]c(=O)c1C.